The van der Waals surface area contributed by atoms with Gasteiger partial charge in [0.25, 0.3) is 0 Å². The average Bonchev–Trinajstić information content (AvgIpc) is 2.76. The van der Waals surface area contributed by atoms with Gasteiger partial charge in [0.2, 0.25) is 0 Å². The predicted molar refractivity (Wildman–Crippen MR) is 71.2 cm³/mol. The average molecular weight is 298 g/mol. The summed E-state index contributed by atoms with van der Waals surface area (Å²) in [7, 11) is 0. The van der Waals surface area contributed by atoms with Crippen molar-refractivity contribution in [3.05, 3.63) is 44.8 Å². The Morgan fingerprint density at radius 2 is 2.25 bits per heavy atom. The quantitative estimate of drug-likeness (QED) is 0.853. The highest BCUT2D eigenvalue weighted by molar-refractivity contribution is 9.10. The van der Waals surface area contributed by atoms with Crippen molar-refractivity contribution in [1.82, 2.24) is 10.3 Å². The number of nitrogens with zero attached hydrogens (tertiary/aromatic N) is 1. The molecule has 5 heteroatoms. The Morgan fingerprint density at radius 1 is 1.38 bits per heavy atom. The summed E-state index contributed by atoms with van der Waals surface area (Å²) in [5.41, 5.74) is 9.61. The first kappa shape index (κ1) is 11.6. The van der Waals surface area contributed by atoms with Crippen LogP contribution in [0.25, 0.3) is 0 Å². The Kier molecular flexibility index (Phi) is 3.93. The lowest BCUT2D eigenvalue weighted by molar-refractivity contribution is 0.700. The Bertz CT molecular complexity index is 456. The molecule has 2 rings (SSSR count). The van der Waals surface area contributed by atoms with E-state index in [2.05, 4.69) is 32.3 Å². The molecule has 1 heterocycles. The number of thiazole rings is 1. The van der Waals surface area contributed by atoms with E-state index in [9.17, 15) is 0 Å². The van der Waals surface area contributed by atoms with E-state index in [1.807, 2.05) is 23.8 Å². The first-order valence-corrected chi connectivity index (χ1v) is 6.55. The molecule has 0 saturated heterocycles. The molecule has 3 N–H and O–H groups in total. The zero-order chi connectivity index (χ0) is 11.4. The van der Waals surface area contributed by atoms with Gasteiger partial charge in [-0.1, -0.05) is 6.07 Å². The number of anilines is 1. The SMILES string of the molecule is Nc1cc(CNCc2cncs2)ccc1Br. The number of aromatic nitrogens is 1. The molecule has 1 aromatic heterocycles. The van der Waals surface area contributed by atoms with Crippen LogP contribution in [0.1, 0.15) is 10.4 Å². The van der Waals surface area contributed by atoms with Gasteiger partial charge in [0, 0.05) is 34.3 Å². The molecule has 2 aromatic rings. The third kappa shape index (κ3) is 3.04. The van der Waals surface area contributed by atoms with Gasteiger partial charge in [0.05, 0.1) is 5.51 Å². The van der Waals surface area contributed by atoms with Crippen molar-refractivity contribution in [1.29, 1.82) is 0 Å². The van der Waals surface area contributed by atoms with E-state index in [4.69, 9.17) is 5.73 Å². The molecule has 0 aliphatic rings. The normalized spacial score (nSPS) is 10.6. The van der Waals surface area contributed by atoms with E-state index in [1.165, 1.54) is 10.4 Å². The summed E-state index contributed by atoms with van der Waals surface area (Å²) in [4.78, 5) is 5.27. The molecular weight excluding hydrogens is 286 g/mol. The largest absolute Gasteiger partial charge is 0.398 e. The van der Waals surface area contributed by atoms with Gasteiger partial charge in [-0.2, -0.15) is 0 Å². The smallest absolute Gasteiger partial charge is 0.0794 e. The van der Waals surface area contributed by atoms with Crippen LogP contribution in [0, 0.1) is 0 Å². The number of hydrogen-bond donors (Lipinski definition) is 2. The molecule has 0 fully saturated rings. The molecule has 1 aromatic carbocycles. The topological polar surface area (TPSA) is 50.9 Å². The van der Waals surface area contributed by atoms with Crippen molar-refractivity contribution in [2.45, 2.75) is 13.1 Å². The summed E-state index contributed by atoms with van der Waals surface area (Å²) in [5, 5.41) is 3.35. The van der Waals surface area contributed by atoms with Crippen LogP contribution in [-0.2, 0) is 13.1 Å². The Labute approximate surface area is 107 Å². The van der Waals surface area contributed by atoms with E-state index in [1.54, 1.807) is 11.3 Å². The van der Waals surface area contributed by atoms with E-state index < -0.39 is 0 Å². The van der Waals surface area contributed by atoms with Gasteiger partial charge in [-0.3, -0.25) is 4.98 Å². The fourth-order valence-electron chi connectivity index (χ4n) is 1.36. The standard InChI is InChI=1S/C11H12BrN3S/c12-10-2-1-8(3-11(10)13)4-14-5-9-6-15-7-16-9/h1-3,6-7,14H,4-5,13H2. The first-order valence-electron chi connectivity index (χ1n) is 4.87. The maximum atomic E-state index is 5.80. The number of nitrogens with two attached hydrogens (primary N) is 1. The number of benzene rings is 1. The number of rotatable bonds is 4. The van der Waals surface area contributed by atoms with Crippen LogP contribution in [-0.4, -0.2) is 4.98 Å². The van der Waals surface area contributed by atoms with E-state index in [0.717, 1.165) is 23.2 Å². The van der Waals surface area contributed by atoms with Crippen molar-refractivity contribution >= 4 is 33.0 Å². The maximum absolute atomic E-state index is 5.80. The predicted octanol–water partition coefficient (Wildman–Crippen LogP) is 2.78. The molecule has 0 spiro atoms. The van der Waals surface area contributed by atoms with Crippen molar-refractivity contribution in [2.24, 2.45) is 0 Å². The minimum atomic E-state index is 0.775. The van der Waals surface area contributed by atoms with Crippen LogP contribution < -0.4 is 11.1 Å². The second kappa shape index (κ2) is 5.43. The molecule has 3 nitrogen and oxygen atoms in total. The second-order valence-electron chi connectivity index (χ2n) is 3.43. The number of nitrogens with one attached hydrogen (secondary N) is 1. The highest BCUT2D eigenvalue weighted by Crippen LogP contribution is 2.20. The monoisotopic (exact) mass is 297 g/mol. The lowest BCUT2D eigenvalue weighted by Crippen LogP contribution is -2.11. The second-order valence-corrected chi connectivity index (χ2v) is 5.25. The maximum Gasteiger partial charge on any atom is 0.0794 e. The van der Waals surface area contributed by atoms with Crippen molar-refractivity contribution in [3.8, 4) is 0 Å². The summed E-state index contributed by atoms with van der Waals surface area (Å²) in [5.74, 6) is 0. The van der Waals surface area contributed by atoms with Crippen LogP contribution in [0.15, 0.2) is 34.4 Å². The minimum Gasteiger partial charge on any atom is -0.398 e. The number of halogens is 1. The summed E-state index contributed by atoms with van der Waals surface area (Å²) in [6, 6.07) is 6.00. The molecule has 16 heavy (non-hydrogen) atoms. The first-order chi connectivity index (χ1) is 7.75. The van der Waals surface area contributed by atoms with Crippen molar-refractivity contribution in [3.63, 3.8) is 0 Å². The zero-order valence-electron chi connectivity index (χ0n) is 8.61. The molecule has 0 unspecified atom stereocenters. The van der Waals surface area contributed by atoms with Gasteiger partial charge in [-0.05, 0) is 33.6 Å². The molecule has 0 radical (unpaired) electrons. The highest BCUT2D eigenvalue weighted by atomic mass is 79.9. The number of nitrogen functional groups attached to an aromatic ring is 1. The molecule has 0 amide bonds. The van der Waals surface area contributed by atoms with Gasteiger partial charge in [0.15, 0.2) is 0 Å². The molecule has 0 atom stereocenters. The van der Waals surface area contributed by atoms with Crippen molar-refractivity contribution in [2.75, 3.05) is 5.73 Å². The molecule has 0 aliphatic heterocycles. The van der Waals surface area contributed by atoms with Gasteiger partial charge >= 0.3 is 0 Å². The summed E-state index contributed by atoms with van der Waals surface area (Å²) >= 11 is 5.03. The van der Waals surface area contributed by atoms with E-state index in [0.29, 0.717) is 0 Å². The lowest BCUT2D eigenvalue weighted by atomic mass is 10.2. The molecule has 0 aliphatic carbocycles. The molecular formula is C11H12BrN3S. The van der Waals surface area contributed by atoms with Gasteiger partial charge in [-0.25, -0.2) is 0 Å². The fourth-order valence-corrected chi connectivity index (χ4v) is 2.17. The zero-order valence-corrected chi connectivity index (χ0v) is 11.0. The van der Waals surface area contributed by atoms with Crippen LogP contribution in [0.2, 0.25) is 0 Å². The third-order valence-electron chi connectivity index (χ3n) is 2.17. The third-order valence-corrected chi connectivity index (χ3v) is 3.67. The number of hydrogen-bond acceptors (Lipinski definition) is 4. The van der Waals surface area contributed by atoms with Gasteiger partial charge < -0.3 is 11.1 Å². The van der Waals surface area contributed by atoms with Crippen molar-refractivity contribution < 1.29 is 0 Å². The fraction of sp³-hybridized carbons (Fsp3) is 0.182. The van der Waals surface area contributed by atoms with E-state index in [-0.39, 0.29) is 0 Å². The lowest BCUT2D eigenvalue weighted by Gasteiger charge is -2.05. The van der Waals surface area contributed by atoms with Crippen LogP contribution in [0.3, 0.4) is 0 Å². The van der Waals surface area contributed by atoms with Crippen LogP contribution in [0.4, 0.5) is 5.69 Å². The Hall–Kier alpha value is -0.910. The van der Waals surface area contributed by atoms with E-state index >= 15 is 0 Å². The van der Waals surface area contributed by atoms with Gasteiger partial charge in [0.1, 0.15) is 0 Å². The Morgan fingerprint density at radius 3 is 2.94 bits per heavy atom. The van der Waals surface area contributed by atoms with Crippen LogP contribution >= 0.6 is 27.3 Å². The summed E-state index contributed by atoms with van der Waals surface area (Å²) in [6.45, 7) is 1.66. The summed E-state index contributed by atoms with van der Waals surface area (Å²) in [6.07, 6.45) is 1.88. The van der Waals surface area contributed by atoms with Crippen LogP contribution in [0.5, 0.6) is 0 Å². The minimum absolute atomic E-state index is 0.775. The molecule has 0 bridgehead atoms. The molecule has 0 saturated carbocycles. The summed E-state index contributed by atoms with van der Waals surface area (Å²) < 4.78 is 0.943. The molecule has 84 valence electrons. The Balaban J connectivity index is 1.87. The van der Waals surface area contributed by atoms with Gasteiger partial charge in [-0.15, -0.1) is 11.3 Å². The highest BCUT2D eigenvalue weighted by Gasteiger charge is 1.98.